The lowest BCUT2D eigenvalue weighted by molar-refractivity contribution is 1.04. The predicted octanol–water partition coefficient (Wildman–Crippen LogP) is 4.81. The monoisotopic (exact) mass is 244 g/mol. The summed E-state index contributed by atoms with van der Waals surface area (Å²) in [6.07, 6.45) is 1.87. The number of aryl methyl sites for hydroxylation is 2. The highest BCUT2D eigenvalue weighted by molar-refractivity contribution is 5.61. The van der Waals surface area contributed by atoms with Gasteiger partial charge in [-0.1, -0.05) is 58.0 Å². The van der Waals surface area contributed by atoms with Crippen LogP contribution in [0.3, 0.4) is 0 Å². The Hall–Kier alpha value is -1.70. The Bertz CT molecular complexity index is 436. The zero-order valence-corrected chi connectivity index (χ0v) is 12.4. The molecule has 0 radical (unpaired) electrons. The van der Waals surface area contributed by atoms with Crippen LogP contribution in [0.15, 0.2) is 36.5 Å². The molecule has 0 atom stereocenters. The van der Waals surface area contributed by atoms with Gasteiger partial charge >= 0.3 is 0 Å². The molecule has 1 heterocycles. The summed E-state index contributed by atoms with van der Waals surface area (Å²) in [6, 6.07) is 10.2. The molecular formula is C16H24N2. The summed E-state index contributed by atoms with van der Waals surface area (Å²) >= 11 is 0. The van der Waals surface area contributed by atoms with Crippen molar-refractivity contribution in [3.8, 4) is 11.3 Å². The van der Waals surface area contributed by atoms with Gasteiger partial charge in [-0.15, -0.1) is 0 Å². The molecule has 2 aromatic rings. The van der Waals surface area contributed by atoms with Crippen molar-refractivity contribution in [2.24, 2.45) is 0 Å². The van der Waals surface area contributed by atoms with E-state index in [0.717, 1.165) is 22.6 Å². The van der Waals surface area contributed by atoms with Gasteiger partial charge in [-0.25, -0.2) is 9.97 Å². The molecule has 2 rings (SSSR count). The van der Waals surface area contributed by atoms with E-state index in [2.05, 4.69) is 22.1 Å². The third-order valence-corrected chi connectivity index (χ3v) is 2.14. The molecule has 0 spiro atoms. The lowest BCUT2D eigenvalue weighted by Gasteiger charge is -2.04. The van der Waals surface area contributed by atoms with Crippen LogP contribution >= 0.6 is 0 Å². The molecule has 0 aliphatic heterocycles. The van der Waals surface area contributed by atoms with Crippen LogP contribution in [0.4, 0.5) is 0 Å². The van der Waals surface area contributed by atoms with Crippen LogP contribution in [0.5, 0.6) is 0 Å². The summed E-state index contributed by atoms with van der Waals surface area (Å²) in [5.41, 5.74) is 3.29. The van der Waals surface area contributed by atoms with E-state index in [4.69, 9.17) is 0 Å². The first-order valence-electron chi connectivity index (χ1n) is 6.63. The lowest BCUT2D eigenvalue weighted by Crippen LogP contribution is -1.93. The zero-order chi connectivity index (χ0) is 14.0. The van der Waals surface area contributed by atoms with Crippen molar-refractivity contribution < 1.29 is 0 Å². The average molecular weight is 244 g/mol. The van der Waals surface area contributed by atoms with E-state index >= 15 is 0 Å². The third-order valence-electron chi connectivity index (χ3n) is 2.14. The number of nitrogens with zero attached hydrogens (tertiary/aromatic N) is 2. The highest BCUT2D eigenvalue weighted by Crippen LogP contribution is 2.19. The molecule has 0 N–H and O–H groups in total. The van der Waals surface area contributed by atoms with E-state index in [1.165, 1.54) is 0 Å². The second-order valence-electron chi connectivity index (χ2n) is 3.31. The number of benzene rings is 1. The van der Waals surface area contributed by atoms with Crippen LogP contribution < -0.4 is 0 Å². The van der Waals surface area contributed by atoms with Crippen molar-refractivity contribution in [1.82, 2.24) is 9.97 Å². The number of hydrogen-bond acceptors (Lipinski definition) is 2. The highest BCUT2D eigenvalue weighted by Gasteiger charge is 2.02. The number of rotatable bonds is 1. The van der Waals surface area contributed by atoms with Crippen molar-refractivity contribution in [2.75, 3.05) is 0 Å². The molecule has 1 aromatic carbocycles. The molecular weight excluding hydrogens is 220 g/mol. The van der Waals surface area contributed by atoms with Gasteiger partial charge in [-0.3, -0.25) is 0 Å². The van der Waals surface area contributed by atoms with Gasteiger partial charge in [0.1, 0.15) is 5.82 Å². The first kappa shape index (κ1) is 16.3. The molecule has 18 heavy (non-hydrogen) atoms. The number of hydrogen-bond donors (Lipinski definition) is 0. The summed E-state index contributed by atoms with van der Waals surface area (Å²) in [4.78, 5) is 8.59. The summed E-state index contributed by atoms with van der Waals surface area (Å²) in [5, 5.41) is 0. The van der Waals surface area contributed by atoms with Crippen molar-refractivity contribution in [1.29, 1.82) is 0 Å². The van der Waals surface area contributed by atoms with E-state index in [-0.39, 0.29) is 0 Å². The minimum absolute atomic E-state index is 0.814. The van der Waals surface area contributed by atoms with Crippen molar-refractivity contribution in [2.45, 2.75) is 41.5 Å². The largest absolute Gasteiger partial charge is 0.241 e. The summed E-state index contributed by atoms with van der Waals surface area (Å²) < 4.78 is 0. The zero-order valence-electron chi connectivity index (χ0n) is 12.4. The first-order chi connectivity index (χ1) is 8.77. The fraction of sp³-hybridized carbons (Fsp3) is 0.375. The molecule has 0 amide bonds. The predicted molar refractivity (Wildman–Crippen MR) is 79.6 cm³/mol. The maximum atomic E-state index is 4.43. The van der Waals surface area contributed by atoms with Crippen LogP contribution in [-0.4, -0.2) is 9.97 Å². The Morgan fingerprint density at radius 1 is 0.833 bits per heavy atom. The van der Waals surface area contributed by atoms with Gasteiger partial charge < -0.3 is 0 Å². The van der Waals surface area contributed by atoms with Gasteiger partial charge in [0.15, 0.2) is 0 Å². The molecule has 0 saturated carbocycles. The Morgan fingerprint density at radius 3 is 1.94 bits per heavy atom. The van der Waals surface area contributed by atoms with E-state index in [1.807, 2.05) is 65.9 Å². The fourth-order valence-corrected chi connectivity index (χ4v) is 1.42. The second kappa shape index (κ2) is 9.34. The maximum absolute atomic E-state index is 4.43. The Kier molecular flexibility index (Phi) is 8.46. The van der Waals surface area contributed by atoms with Crippen LogP contribution in [0.2, 0.25) is 0 Å². The van der Waals surface area contributed by atoms with Crippen molar-refractivity contribution >= 4 is 0 Å². The molecule has 0 saturated heterocycles. The van der Waals surface area contributed by atoms with Crippen molar-refractivity contribution in [3.63, 3.8) is 0 Å². The average Bonchev–Trinajstić information content (AvgIpc) is 2.47. The van der Waals surface area contributed by atoms with Crippen LogP contribution in [0.1, 0.15) is 39.1 Å². The Balaban J connectivity index is 0.000000659. The van der Waals surface area contributed by atoms with Crippen LogP contribution in [-0.2, 0) is 0 Å². The highest BCUT2D eigenvalue weighted by atomic mass is 14.9. The summed E-state index contributed by atoms with van der Waals surface area (Å²) in [7, 11) is 0. The smallest absolute Gasteiger partial charge is 0.125 e. The van der Waals surface area contributed by atoms with E-state index in [1.54, 1.807) is 0 Å². The molecule has 2 heteroatoms. The van der Waals surface area contributed by atoms with E-state index in [9.17, 15) is 0 Å². The number of aromatic nitrogens is 2. The minimum Gasteiger partial charge on any atom is -0.241 e. The Labute approximate surface area is 111 Å². The molecule has 0 bridgehead atoms. The first-order valence-corrected chi connectivity index (χ1v) is 6.63. The summed E-state index contributed by atoms with van der Waals surface area (Å²) in [5.74, 6) is 0.814. The standard InChI is InChI=1S/C12H12N2.2C2H6/c1-9-8-13-10(2)14-12(9)11-6-4-3-5-7-11;2*1-2/h3-8H,1-2H3;2*1-2H3. The van der Waals surface area contributed by atoms with Crippen LogP contribution in [0.25, 0.3) is 11.3 Å². The normalized spacial score (nSPS) is 8.56. The quantitative estimate of drug-likeness (QED) is 0.719. The van der Waals surface area contributed by atoms with Crippen molar-refractivity contribution in [3.05, 3.63) is 47.9 Å². The van der Waals surface area contributed by atoms with Gasteiger partial charge in [0.05, 0.1) is 5.69 Å². The van der Waals surface area contributed by atoms with Gasteiger partial charge in [-0.05, 0) is 19.4 Å². The molecule has 2 nitrogen and oxygen atoms in total. The maximum Gasteiger partial charge on any atom is 0.125 e. The second-order valence-corrected chi connectivity index (χ2v) is 3.31. The molecule has 0 unspecified atom stereocenters. The fourth-order valence-electron chi connectivity index (χ4n) is 1.42. The summed E-state index contributed by atoms with van der Waals surface area (Å²) in [6.45, 7) is 11.9. The van der Waals surface area contributed by atoms with Gasteiger partial charge in [0.25, 0.3) is 0 Å². The molecule has 1 aromatic heterocycles. The topological polar surface area (TPSA) is 25.8 Å². The molecule has 0 fully saturated rings. The van der Waals surface area contributed by atoms with Gasteiger partial charge in [0.2, 0.25) is 0 Å². The van der Waals surface area contributed by atoms with Gasteiger partial charge in [0, 0.05) is 11.8 Å². The van der Waals surface area contributed by atoms with Gasteiger partial charge in [-0.2, -0.15) is 0 Å². The minimum atomic E-state index is 0.814. The Morgan fingerprint density at radius 2 is 1.39 bits per heavy atom. The van der Waals surface area contributed by atoms with E-state index < -0.39 is 0 Å². The molecule has 98 valence electrons. The van der Waals surface area contributed by atoms with Crippen LogP contribution in [0, 0.1) is 13.8 Å². The third kappa shape index (κ3) is 4.66. The molecule has 0 aliphatic rings. The lowest BCUT2D eigenvalue weighted by atomic mass is 10.1. The van der Waals surface area contributed by atoms with E-state index in [0.29, 0.717) is 0 Å². The SMILES string of the molecule is CC.CC.Cc1ncc(C)c(-c2ccccc2)n1. The molecule has 0 aliphatic carbocycles.